The fourth-order valence-corrected chi connectivity index (χ4v) is 1.90. The maximum atomic E-state index is 12.4. The molecule has 0 fully saturated rings. The van der Waals surface area contributed by atoms with Crippen LogP contribution in [0.15, 0.2) is 42.7 Å². The Balaban J connectivity index is 2.33. The van der Waals surface area contributed by atoms with Gasteiger partial charge in [0.15, 0.2) is 5.78 Å². The van der Waals surface area contributed by atoms with Crippen LogP contribution < -0.4 is 0 Å². The highest BCUT2D eigenvalue weighted by molar-refractivity contribution is 6.10. The Morgan fingerprint density at radius 2 is 1.86 bits per heavy atom. The molecule has 0 bridgehead atoms. The molecule has 104 valence electrons. The number of carbonyl (C=O) groups excluding carboxylic acids is 2. The number of pyridine rings is 1. The van der Waals surface area contributed by atoms with Crippen LogP contribution in [0.4, 0.5) is 0 Å². The zero-order valence-electron chi connectivity index (χ0n) is 11.4. The van der Waals surface area contributed by atoms with E-state index in [-0.39, 0.29) is 12.2 Å². The fourth-order valence-electron chi connectivity index (χ4n) is 1.90. The first kappa shape index (κ1) is 14.4. The van der Waals surface area contributed by atoms with E-state index in [2.05, 4.69) is 9.72 Å². The minimum atomic E-state index is -0.458. The van der Waals surface area contributed by atoms with Crippen LogP contribution in [0, 0.1) is 11.3 Å². The van der Waals surface area contributed by atoms with Gasteiger partial charge in [-0.15, -0.1) is 0 Å². The maximum Gasteiger partial charge on any atom is 0.337 e. The molecule has 0 radical (unpaired) electrons. The van der Waals surface area contributed by atoms with Crippen LogP contribution in [0.25, 0.3) is 0 Å². The Bertz CT molecular complexity index is 715. The van der Waals surface area contributed by atoms with Gasteiger partial charge in [-0.3, -0.25) is 9.78 Å². The summed E-state index contributed by atoms with van der Waals surface area (Å²) in [7, 11) is 1.30. The van der Waals surface area contributed by atoms with Gasteiger partial charge >= 0.3 is 5.97 Å². The Morgan fingerprint density at radius 1 is 1.19 bits per heavy atom. The molecule has 0 N–H and O–H groups in total. The second-order valence-electron chi connectivity index (χ2n) is 4.27. The van der Waals surface area contributed by atoms with Gasteiger partial charge in [0.05, 0.1) is 25.2 Å². The van der Waals surface area contributed by atoms with Crippen LogP contribution in [0.2, 0.25) is 0 Å². The minimum absolute atomic E-state index is 0.143. The maximum absolute atomic E-state index is 12.4. The zero-order chi connectivity index (χ0) is 15.2. The van der Waals surface area contributed by atoms with E-state index in [0.717, 1.165) is 0 Å². The molecular weight excluding hydrogens is 268 g/mol. The molecule has 2 rings (SSSR count). The van der Waals surface area contributed by atoms with Gasteiger partial charge in [0.2, 0.25) is 0 Å². The lowest BCUT2D eigenvalue weighted by atomic mass is 9.98. The van der Waals surface area contributed by atoms with Gasteiger partial charge in [0.1, 0.15) is 0 Å². The SMILES string of the molecule is COC(=O)c1ccc(C(=O)c2cnccc2CC#N)cc1. The Morgan fingerprint density at radius 3 is 2.48 bits per heavy atom. The molecule has 0 aliphatic carbocycles. The molecule has 0 atom stereocenters. The molecule has 0 aliphatic rings. The van der Waals surface area contributed by atoms with E-state index in [4.69, 9.17) is 5.26 Å². The molecule has 0 saturated carbocycles. The number of methoxy groups -OCH3 is 1. The van der Waals surface area contributed by atoms with Crippen molar-refractivity contribution in [2.75, 3.05) is 7.11 Å². The molecule has 21 heavy (non-hydrogen) atoms. The number of esters is 1. The summed E-state index contributed by atoms with van der Waals surface area (Å²) in [5.74, 6) is -0.690. The molecule has 0 spiro atoms. The minimum Gasteiger partial charge on any atom is -0.465 e. The molecule has 1 aromatic heterocycles. The number of carbonyl (C=O) groups is 2. The molecule has 2 aromatic rings. The fraction of sp³-hybridized carbons (Fsp3) is 0.125. The van der Waals surface area contributed by atoms with Crippen molar-refractivity contribution in [3.8, 4) is 6.07 Å². The number of nitrogens with zero attached hydrogens (tertiary/aromatic N) is 2. The highest BCUT2D eigenvalue weighted by Crippen LogP contribution is 2.15. The third-order valence-corrected chi connectivity index (χ3v) is 2.99. The lowest BCUT2D eigenvalue weighted by Crippen LogP contribution is -2.07. The van der Waals surface area contributed by atoms with Crippen LogP contribution in [0.3, 0.4) is 0 Å². The summed E-state index contributed by atoms with van der Waals surface area (Å²) in [6.45, 7) is 0. The van der Waals surface area contributed by atoms with E-state index in [1.165, 1.54) is 25.4 Å². The number of ketones is 1. The molecule has 5 nitrogen and oxygen atoms in total. The highest BCUT2D eigenvalue weighted by Gasteiger charge is 2.14. The quantitative estimate of drug-likeness (QED) is 0.633. The monoisotopic (exact) mass is 280 g/mol. The normalized spacial score (nSPS) is 9.71. The van der Waals surface area contributed by atoms with Crippen LogP contribution in [0.5, 0.6) is 0 Å². The summed E-state index contributed by atoms with van der Waals surface area (Å²) >= 11 is 0. The van der Waals surface area contributed by atoms with Crippen LogP contribution >= 0.6 is 0 Å². The van der Waals surface area contributed by atoms with Crippen molar-refractivity contribution in [3.05, 3.63) is 65.0 Å². The highest BCUT2D eigenvalue weighted by atomic mass is 16.5. The van der Waals surface area contributed by atoms with Gasteiger partial charge in [0, 0.05) is 23.5 Å². The first-order valence-electron chi connectivity index (χ1n) is 6.20. The van der Waals surface area contributed by atoms with Gasteiger partial charge in [-0.1, -0.05) is 12.1 Å². The lowest BCUT2D eigenvalue weighted by Gasteiger charge is -2.06. The van der Waals surface area contributed by atoms with Crippen molar-refractivity contribution in [1.82, 2.24) is 4.98 Å². The smallest absolute Gasteiger partial charge is 0.337 e. The number of benzene rings is 1. The van der Waals surface area contributed by atoms with Crippen molar-refractivity contribution in [3.63, 3.8) is 0 Å². The Labute approximate surface area is 121 Å². The predicted molar refractivity (Wildman–Crippen MR) is 74.8 cm³/mol. The number of hydrogen-bond acceptors (Lipinski definition) is 5. The lowest BCUT2D eigenvalue weighted by molar-refractivity contribution is 0.0600. The second-order valence-corrected chi connectivity index (χ2v) is 4.27. The average molecular weight is 280 g/mol. The predicted octanol–water partition coefficient (Wildman–Crippen LogP) is 2.17. The Hall–Kier alpha value is -3.00. The van der Waals surface area contributed by atoms with Gasteiger partial charge in [-0.05, 0) is 23.8 Å². The topological polar surface area (TPSA) is 80.1 Å². The third-order valence-electron chi connectivity index (χ3n) is 2.99. The van der Waals surface area contributed by atoms with E-state index in [1.807, 2.05) is 6.07 Å². The molecule has 0 amide bonds. The standard InChI is InChI=1S/C16H12N2O3/c1-21-16(20)13-4-2-12(3-5-13)15(19)14-10-18-9-7-11(14)6-8-17/h2-5,7,9-10H,6H2,1H3. The van der Waals surface area contributed by atoms with E-state index in [9.17, 15) is 9.59 Å². The molecule has 0 aliphatic heterocycles. The molecule has 0 unspecified atom stereocenters. The van der Waals surface area contributed by atoms with E-state index >= 15 is 0 Å². The zero-order valence-corrected chi connectivity index (χ0v) is 11.4. The molecule has 0 saturated heterocycles. The largest absolute Gasteiger partial charge is 0.465 e. The Kier molecular flexibility index (Phi) is 4.42. The first-order valence-corrected chi connectivity index (χ1v) is 6.20. The number of nitriles is 1. The molecule has 1 aromatic carbocycles. The average Bonchev–Trinajstić information content (AvgIpc) is 2.54. The van der Waals surface area contributed by atoms with Crippen molar-refractivity contribution in [2.24, 2.45) is 0 Å². The number of aromatic nitrogens is 1. The first-order chi connectivity index (χ1) is 10.2. The molecule has 1 heterocycles. The summed E-state index contributed by atoms with van der Waals surface area (Å²) in [4.78, 5) is 27.7. The van der Waals surface area contributed by atoms with E-state index < -0.39 is 5.97 Å². The summed E-state index contributed by atoms with van der Waals surface area (Å²) in [5.41, 5.74) is 1.83. The summed E-state index contributed by atoms with van der Waals surface area (Å²) in [5, 5.41) is 8.79. The summed E-state index contributed by atoms with van der Waals surface area (Å²) < 4.78 is 4.60. The van der Waals surface area contributed by atoms with E-state index in [1.54, 1.807) is 24.4 Å². The van der Waals surface area contributed by atoms with Crippen LogP contribution in [-0.4, -0.2) is 23.8 Å². The summed E-state index contributed by atoms with van der Waals surface area (Å²) in [6, 6.07) is 9.83. The van der Waals surface area contributed by atoms with Gasteiger partial charge in [-0.25, -0.2) is 4.79 Å². The third kappa shape index (κ3) is 3.12. The van der Waals surface area contributed by atoms with Crippen LogP contribution in [0.1, 0.15) is 31.8 Å². The van der Waals surface area contributed by atoms with Crippen LogP contribution in [-0.2, 0) is 11.2 Å². The molecule has 5 heteroatoms. The van der Waals surface area contributed by atoms with Crippen molar-refractivity contribution < 1.29 is 14.3 Å². The summed E-state index contributed by atoms with van der Waals surface area (Å²) in [6.07, 6.45) is 3.14. The van der Waals surface area contributed by atoms with Crippen molar-refractivity contribution in [1.29, 1.82) is 5.26 Å². The number of hydrogen-bond donors (Lipinski definition) is 0. The molecular formula is C16H12N2O3. The van der Waals surface area contributed by atoms with Crippen molar-refractivity contribution >= 4 is 11.8 Å². The van der Waals surface area contributed by atoms with Gasteiger partial charge < -0.3 is 4.74 Å². The second kappa shape index (κ2) is 6.44. The van der Waals surface area contributed by atoms with Gasteiger partial charge in [0.25, 0.3) is 0 Å². The number of rotatable bonds is 4. The number of ether oxygens (including phenoxy) is 1. The van der Waals surface area contributed by atoms with Gasteiger partial charge in [-0.2, -0.15) is 5.26 Å². The van der Waals surface area contributed by atoms with E-state index in [0.29, 0.717) is 22.3 Å². The van der Waals surface area contributed by atoms with Crippen molar-refractivity contribution in [2.45, 2.75) is 6.42 Å².